The van der Waals surface area contributed by atoms with Crippen LogP contribution in [0.3, 0.4) is 0 Å². The second-order valence-electron chi connectivity index (χ2n) is 3.99. The lowest BCUT2D eigenvalue weighted by Crippen LogP contribution is -2.23. The summed E-state index contributed by atoms with van der Waals surface area (Å²) in [4.78, 5) is 20.6. The van der Waals surface area contributed by atoms with Gasteiger partial charge >= 0.3 is 0 Å². The van der Waals surface area contributed by atoms with E-state index in [0.717, 1.165) is 18.4 Å². The second kappa shape index (κ2) is 6.63. The molecule has 0 aliphatic heterocycles. The Morgan fingerprint density at radius 3 is 3.05 bits per heavy atom. The number of pyridine rings is 1. The van der Waals surface area contributed by atoms with E-state index in [-0.39, 0.29) is 11.1 Å². The highest BCUT2D eigenvalue weighted by atomic mass is 35.5. The van der Waals surface area contributed by atoms with Gasteiger partial charge in [-0.15, -0.1) is 11.3 Å². The van der Waals surface area contributed by atoms with E-state index in [1.54, 1.807) is 12.4 Å². The van der Waals surface area contributed by atoms with Gasteiger partial charge < -0.3 is 5.32 Å². The molecule has 2 aromatic heterocycles. The van der Waals surface area contributed by atoms with Gasteiger partial charge in [0.1, 0.15) is 9.88 Å². The summed E-state index contributed by atoms with van der Waals surface area (Å²) in [5, 5.41) is 3.79. The van der Waals surface area contributed by atoms with Crippen LogP contribution in [0.1, 0.15) is 29.4 Å². The van der Waals surface area contributed by atoms with Crippen LogP contribution in [0.5, 0.6) is 0 Å². The van der Waals surface area contributed by atoms with E-state index in [9.17, 15) is 4.79 Å². The number of carbonyl (C=O) groups is 1. The maximum atomic E-state index is 11.9. The molecule has 0 aliphatic carbocycles. The van der Waals surface area contributed by atoms with Crippen LogP contribution in [-0.2, 0) is 0 Å². The molecule has 0 spiro atoms. The van der Waals surface area contributed by atoms with Gasteiger partial charge in [-0.1, -0.05) is 24.9 Å². The zero-order valence-electron chi connectivity index (χ0n) is 10.5. The van der Waals surface area contributed by atoms with Crippen LogP contribution in [-0.4, -0.2) is 22.4 Å². The lowest BCUT2D eigenvalue weighted by molar-refractivity contribution is 0.0957. The Bertz CT molecular complexity index is 556. The fourth-order valence-electron chi connectivity index (χ4n) is 1.51. The molecule has 0 aromatic carbocycles. The molecule has 0 aliphatic rings. The summed E-state index contributed by atoms with van der Waals surface area (Å²) in [7, 11) is 0. The third-order valence-electron chi connectivity index (χ3n) is 2.52. The fraction of sp³-hybridized carbons (Fsp3) is 0.308. The summed E-state index contributed by atoms with van der Waals surface area (Å²) < 4.78 is 0. The van der Waals surface area contributed by atoms with Crippen LogP contribution >= 0.6 is 22.9 Å². The normalized spacial score (nSPS) is 10.4. The van der Waals surface area contributed by atoms with E-state index >= 15 is 0 Å². The molecule has 19 heavy (non-hydrogen) atoms. The summed E-state index contributed by atoms with van der Waals surface area (Å²) >= 11 is 7.30. The van der Waals surface area contributed by atoms with Crippen LogP contribution in [0, 0.1) is 0 Å². The predicted octanol–water partition coefficient (Wildman–Crippen LogP) is 3.39. The molecule has 4 nitrogen and oxygen atoms in total. The monoisotopic (exact) mass is 295 g/mol. The highest BCUT2D eigenvalue weighted by Crippen LogP contribution is 2.30. The summed E-state index contributed by atoms with van der Waals surface area (Å²) in [5.74, 6) is -0.161. The van der Waals surface area contributed by atoms with E-state index < -0.39 is 0 Å². The SMILES string of the molecule is CCCCNC(=O)c1sc(-c2cccnc2)nc1Cl. The first-order chi connectivity index (χ1) is 9.22. The zero-order chi connectivity index (χ0) is 13.7. The molecule has 0 saturated carbocycles. The van der Waals surface area contributed by atoms with Crippen LogP contribution < -0.4 is 5.32 Å². The minimum Gasteiger partial charge on any atom is -0.351 e. The molecule has 1 amide bonds. The number of amides is 1. The van der Waals surface area contributed by atoms with Crippen molar-refractivity contribution in [2.75, 3.05) is 6.54 Å². The first-order valence-corrected chi connectivity index (χ1v) is 7.26. The van der Waals surface area contributed by atoms with E-state index in [0.29, 0.717) is 16.4 Å². The Kier molecular flexibility index (Phi) is 4.87. The highest BCUT2D eigenvalue weighted by Gasteiger charge is 2.17. The van der Waals surface area contributed by atoms with Crippen molar-refractivity contribution in [2.24, 2.45) is 0 Å². The van der Waals surface area contributed by atoms with Crippen molar-refractivity contribution >= 4 is 28.8 Å². The number of halogens is 1. The number of thiazole rings is 1. The van der Waals surface area contributed by atoms with Crippen molar-refractivity contribution in [3.63, 3.8) is 0 Å². The number of aromatic nitrogens is 2. The van der Waals surface area contributed by atoms with E-state index in [4.69, 9.17) is 11.6 Å². The van der Waals surface area contributed by atoms with Gasteiger partial charge in [0, 0.05) is 24.5 Å². The average Bonchev–Trinajstić information content (AvgIpc) is 2.82. The van der Waals surface area contributed by atoms with Gasteiger partial charge in [0.15, 0.2) is 5.15 Å². The van der Waals surface area contributed by atoms with Gasteiger partial charge in [0.2, 0.25) is 0 Å². The lowest BCUT2D eigenvalue weighted by Gasteiger charge is -2.01. The van der Waals surface area contributed by atoms with Crippen molar-refractivity contribution < 1.29 is 4.79 Å². The van der Waals surface area contributed by atoms with Gasteiger partial charge in [-0.25, -0.2) is 4.98 Å². The van der Waals surface area contributed by atoms with E-state index in [1.807, 2.05) is 12.1 Å². The Hall–Kier alpha value is -1.46. The van der Waals surface area contributed by atoms with Crippen molar-refractivity contribution in [3.05, 3.63) is 34.6 Å². The molecule has 100 valence electrons. The largest absolute Gasteiger partial charge is 0.351 e. The van der Waals surface area contributed by atoms with Crippen LogP contribution in [0.25, 0.3) is 10.6 Å². The lowest BCUT2D eigenvalue weighted by atomic mass is 10.3. The van der Waals surface area contributed by atoms with Gasteiger partial charge in [-0.3, -0.25) is 9.78 Å². The molecule has 0 saturated heterocycles. The zero-order valence-corrected chi connectivity index (χ0v) is 12.1. The maximum absolute atomic E-state index is 11.9. The summed E-state index contributed by atoms with van der Waals surface area (Å²) in [5.41, 5.74) is 0.863. The predicted molar refractivity (Wildman–Crippen MR) is 77.6 cm³/mol. The summed E-state index contributed by atoms with van der Waals surface area (Å²) in [6, 6.07) is 3.71. The Labute approximate surface area is 120 Å². The number of nitrogens with one attached hydrogen (secondary N) is 1. The molecule has 0 unspecified atom stereocenters. The average molecular weight is 296 g/mol. The number of rotatable bonds is 5. The fourth-order valence-corrected chi connectivity index (χ4v) is 2.71. The molecule has 0 fully saturated rings. The topological polar surface area (TPSA) is 54.9 Å². The van der Waals surface area contributed by atoms with E-state index in [2.05, 4.69) is 22.2 Å². The quantitative estimate of drug-likeness (QED) is 0.860. The Balaban J connectivity index is 2.15. The Morgan fingerprint density at radius 1 is 1.53 bits per heavy atom. The first-order valence-electron chi connectivity index (χ1n) is 6.07. The van der Waals surface area contributed by atoms with Crippen LogP contribution in [0.4, 0.5) is 0 Å². The van der Waals surface area contributed by atoms with Gasteiger partial charge in [-0.2, -0.15) is 0 Å². The maximum Gasteiger partial charge on any atom is 0.264 e. The summed E-state index contributed by atoms with van der Waals surface area (Å²) in [6.45, 7) is 2.73. The highest BCUT2D eigenvalue weighted by molar-refractivity contribution is 7.17. The number of unbranched alkanes of at least 4 members (excludes halogenated alkanes) is 1. The third-order valence-corrected chi connectivity index (χ3v) is 4.01. The third kappa shape index (κ3) is 3.52. The molecular formula is C13H14ClN3OS. The molecule has 0 atom stereocenters. The standard InChI is InChI=1S/C13H14ClN3OS/c1-2-3-7-16-12(18)10-11(14)17-13(19-10)9-5-4-6-15-8-9/h4-6,8H,2-3,7H2,1H3,(H,16,18). The van der Waals surface area contributed by atoms with E-state index in [1.165, 1.54) is 11.3 Å². The smallest absolute Gasteiger partial charge is 0.264 e. The van der Waals surface area contributed by atoms with Gasteiger partial charge in [0.05, 0.1) is 0 Å². The molecule has 2 heterocycles. The number of hydrogen-bond donors (Lipinski definition) is 1. The minimum atomic E-state index is -0.161. The molecule has 0 bridgehead atoms. The van der Waals surface area contributed by atoms with Gasteiger partial charge in [-0.05, 0) is 18.6 Å². The summed E-state index contributed by atoms with van der Waals surface area (Å²) in [6.07, 6.45) is 5.39. The number of carbonyl (C=O) groups excluding carboxylic acids is 1. The molecule has 2 aromatic rings. The van der Waals surface area contributed by atoms with Crippen molar-refractivity contribution in [2.45, 2.75) is 19.8 Å². The molecule has 1 N–H and O–H groups in total. The molecule has 2 rings (SSSR count). The second-order valence-corrected chi connectivity index (χ2v) is 5.35. The van der Waals surface area contributed by atoms with Crippen LogP contribution in [0.15, 0.2) is 24.5 Å². The van der Waals surface area contributed by atoms with Crippen molar-refractivity contribution in [1.29, 1.82) is 0 Å². The van der Waals surface area contributed by atoms with Crippen LogP contribution in [0.2, 0.25) is 5.15 Å². The Morgan fingerprint density at radius 2 is 2.37 bits per heavy atom. The minimum absolute atomic E-state index is 0.161. The first kappa shape index (κ1) is 14.0. The molecular weight excluding hydrogens is 282 g/mol. The number of hydrogen-bond acceptors (Lipinski definition) is 4. The molecule has 6 heteroatoms. The van der Waals surface area contributed by atoms with Crippen molar-refractivity contribution in [3.8, 4) is 10.6 Å². The molecule has 0 radical (unpaired) electrons. The van der Waals surface area contributed by atoms with Gasteiger partial charge in [0.25, 0.3) is 5.91 Å². The number of nitrogens with zero attached hydrogens (tertiary/aromatic N) is 2. The van der Waals surface area contributed by atoms with Crippen molar-refractivity contribution in [1.82, 2.24) is 15.3 Å².